The fourth-order valence-corrected chi connectivity index (χ4v) is 2.61. The Morgan fingerprint density at radius 3 is 2.46 bits per heavy atom. The summed E-state index contributed by atoms with van der Waals surface area (Å²) in [6.45, 7) is 0. The maximum Gasteiger partial charge on any atom is 0.367 e. The van der Waals surface area contributed by atoms with Crippen LogP contribution >= 0.6 is 34.8 Å². The van der Waals surface area contributed by atoms with Gasteiger partial charge < -0.3 is 14.3 Å². The minimum absolute atomic E-state index is 0.150. The maximum atomic E-state index is 11.9. The van der Waals surface area contributed by atoms with Crippen molar-refractivity contribution in [3.63, 3.8) is 0 Å². The molecule has 0 saturated heterocycles. The highest BCUT2D eigenvalue weighted by atomic mass is 35.5. The van der Waals surface area contributed by atoms with E-state index in [4.69, 9.17) is 49.1 Å². The second kappa shape index (κ2) is 8.24. The molecule has 0 spiro atoms. The summed E-state index contributed by atoms with van der Waals surface area (Å²) in [6.07, 6.45) is 1.28. The summed E-state index contributed by atoms with van der Waals surface area (Å²) in [5.74, 6) is 0.115. The summed E-state index contributed by atoms with van der Waals surface area (Å²) < 4.78 is 10.3. The third kappa shape index (κ3) is 4.12. The Balaban J connectivity index is 2.16. The Kier molecular flexibility index (Phi) is 6.31. The SMILES string of the molecule is COc1ccc(/C=N\OC(=O)c2ccc(Cl)cc2Cl)c(Cl)c1OC. The Bertz CT molecular complexity index is 793. The second-order valence-electron chi connectivity index (χ2n) is 4.44. The standard InChI is InChI=1S/C16H12Cl3NO4/c1-22-13-6-3-9(14(19)15(13)23-2)8-20-24-16(21)11-5-4-10(17)7-12(11)18/h3-8H,1-2H3/b20-8-. The third-order valence-electron chi connectivity index (χ3n) is 2.99. The highest BCUT2D eigenvalue weighted by Gasteiger charge is 2.14. The first-order valence-corrected chi connectivity index (χ1v) is 7.71. The molecule has 0 aromatic heterocycles. The average molecular weight is 389 g/mol. The third-order valence-corrected chi connectivity index (χ3v) is 3.93. The molecule has 5 nitrogen and oxygen atoms in total. The molecule has 0 bridgehead atoms. The summed E-state index contributed by atoms with van der Waals surface area (Å²) in [5, 5.41) is 4.49. The number of oxime groups is 1. The lowest BCUT2D eigenvalue weighted by Gasteiger charge is -2.10. The van der Waals surface area contributed by atoms with E-state index in [1.54, 1.807) is 12.1 Å². The molecule has 0 radical (unpaired) electrons. The van der Waals surface area contributed by atoms with Crippen LogP contribution in [0.5, 0.6) is 11.5 Å². The first-order chi connectivity index (χ1) is 11.5. The Hall–Kier alpha value is -1.95. The molecule has 0 saturated carbocycles. The molecule has 126 valence electrons. The molecule has 0 aliphatic rings. The minimum Gasteiger partial charge on any atom is -0.493 e. The van der Waals surface area contributed by atoms with Crippen molar-refractivity contribution in [3.05, 3.63) is 56.5 Å². The van der Waals surface area contributed by atoms with Gasteiger partial charge in [-0.2, -0.15) is 0 Å². The quantitative estimate of drug-likeness (QED) is 0.417. The number of rotatable bonds is 5. The summed E-state index contributed by atoms with van der Waals surface area (Å²) in [6, 6.07) is 7.72. The molecule has 8 heteroatoms. The molecule has 2 rings (SSSR count). The fraction of sp³-hybridized carbons (Fsp3) is 0.125. The van der Waals surface area contributed by atoms with Crippen molar-refractivity contribution in [2.75, 3.05) is 14.2 Å². The molecule has 0 heterocycles. The minimum atomic E-state index is -0.718. The van der Waals surface area contributed by atoms with Crippen molar-refractivity contribution < 1.29 is 19.1 Å². The van der Waals surface area contributed by atoms with E-state index in [-0.39, 0.29) is 15.6 Å². The number of hydrogen-bond donors (Lipinski definition) is 0. The molecule has 2 aromatic carbocycles. The predicted molar refractivity (Wildman–Crippen MR) is 94.0 cm³/mol. The fourth-order valence-electron chi connectivity index (χ4n) is 1.84. The van der Waals surface area contributed by atoms with E-state index in [2.05, 4.69) is 5.16 Å². The normalized spacial score (nSPS) is 10.7. The number of carbonyl (C=O) groups is 1. The van der Waals surface area contributed by atoms with Crippen LogP contribution in [0.4, 0.5) is 0 Å². The van der Waals surface area contributed by atoms with Crippen LogP contribution in [0.15, 0.2) is 35.5 Å². The summed E-state index contributed by atoms with van der Waals surface area (Å²) in [7, 11) is 2.97. The lowest BCUT2D eigenvalue weighted by molar-refractivity contribution is 0.0519. The smallest absolute Gasteiger partial charge is 0.367 e. The predicted octanol–water partition coefficient (Wildman–Crippen LogP) is 4.85. The van der Waals surface area contributed by atoms with E-state index in [9.17, 15) is 4.79 Å². The van der Waals surface area contributed by atoms with Crippen molar-refractivity contribution in [1.29, 1.82) is 0 Å². The Morgan fingerprint density at radius 2 is 1.83 bits per heavy atom. The molecule has 0 amide bonds. The van der Waals surface area contributed by atoms with Crippen LogP contribution in [0.25, 0.3) is 0 Å². The zero-order valence-corrected chi connectivity index (χ0v) is 14.9. The van der Waals surface area contributed by atoms with E-state index in [1.165, 1.54) is 38.6 Å². The van der Waals surface area contributed by atoms with Gasteiger partial charge in [-0.3, -0.25) is 0 Å². The van der Waals surface area contributed by atoms with Crippen molar-refractivity contribution in [1.82, 2.24) is 0 Å². The molecule has 0 atom stereocenters. The van der Waals surface area contributed by atoms with Gasteiger partial charge in [0.15, 0.2) is 11.5 Å². The van der Waals surface area contributed by atoms with Gasteiger partial charge in [-0.05, 0) is 30.3 Å². The van der Waals surface area contributed by atoms with Crippen LogP contribution in [-0.4, -0.2) is 26.4 Å². The summed E-state index contributed by atoms with van der Waals surface area (Å²) >= 11 is 17.9. The zero-order chi connectivity index (χ0) is 17.7. The van der Waals surface area contributed by atoms with Gasteiger partial charge in [0.05, 0.1) is 36.0 Å². The van der Waals surface area contributed by atoms with Crippen LogP contribution in [0.2, 0.25) is 15.1 Å². The molecule has 0 aliphatic heterocycles. The number of ether oxygens (including phenoxy) is 2. The number of nitrogens with zero attached hydrogens (tertiary/aromatic N) is 1. The van der Waals surface area contributed by atoms with Gasteiger partial charge in [-0.1, -0.05) is 40.0 Å². The monoisotopic (exact) mass is 387 g/mol. The Labute approximate surface area is 153 Å². The van der Waals surface area contributed by atoms with Crippen LogP contribution < -0.4 is 9.47 Å². The molecular formula is C16H12Cl3NO4. The van der Waals surface area contributed by atoms with Crippen LogP contribution in [0, 0.1) is 0 Å². The number of carbonyl (C=O) groups excluding carboxylic acids is 1. The van der Waals surface area contributed by atoms with Crippen molar-refractivity contribution >= 4 is 47.0 Å². The van der Waals surface area contributed by atoms with E-state index >= 15 is 0 Å². The van der Waals surface area contributed by atoms with Gasteiger partial charge in [-0.15, -0.1) is 0 Å². The number of hydrogen-bond acceptors (Lipinski definition) is 5. The molecule has 0 N–H and O–H groups in total. The van der Waals surface area contributed by atoms with Gasteiger partial charge in [0.1, 0.15) is 0 Å². The first-order valence-electron chi connectivity index (χ1n) is 6.58. The second-order valence-corrected chi connectivity index (χ2v) is 5.66. The van der Waals surface area contributed by atoms with Crippen molar-refractivity contribution in [2.45, 2.75) is 0 Å². The lowest BCUT2D eigenvalue weighted by Crippen LogP contribution is -2.02. The van der Waals surface area contributed by atoms with Crippen LogP contribution in [0.3, 0.4) is 0 Å². The van der Waals surface area contributed by atoms with Gasteiger partial charge in [0, 0.05) is 10.6 Å². The van der Waals surface area contributed by atoms with E-state index in [0.29, 0.717) is 22.1 Å². The summed E-state index contributed by atoms with van der Waals surface area (Å²) in [4.78, 5) is 16.7. The van der Waals surface area contributed by atoms with Gasteiger partial charge in [0.2, 0.25) is 0 Å². The average Bonchev–Trinajstić information content (AvgIpc) is 2.55. The number of benzene rings is 2. The molecular weight excluding hydrogens is 377 g/mol. The van der Waals surface area contributed by atoms with Crippen molar-refractivity contribution in [2.24, 2.45) is 5.16 Å². The highest BCUT2D eigenvalue weighted by molar-refractivity contribution is 6.36. The molecule has 0 aliphatic carbocycles. The van der Waals surface area contributed by atoms with Gasteiger partial charge in [-0.25, -0.2) is 4.79 Å². The molecule has 0 unspecified atom stereocenters. The van der Waals surface area contributed by atoms with Gasteiger partial charge >= 0.3 is 5.97 Å². The van der Waals surface area contributed by atoms with Crippen LogP contribution in [-0.2, 0) is 4.84 Å². The summed E-state index contributed by atoms with van der Waals surface area (Å²) in [5.41, 5.74) is 0.640. The van der Waals surface area contributed by atoms with Crippen LogP contribution in [0.1, 0.15) is 15.9 Å². The largest absolute Gasteiger partial charge is 0.493 e. The number of methoxy groups -OCH3 is 2. The van der Waals surface area contributed by atoms with Crippen molar-refractivity contribution in [3.8, 4) is 11.5 Å². The first kappa shape index (κ1) is 18.4. The van der Waals surface area contributed by atoms with E-state index < -0.39 is 5.97 Å². The Morgan fingerprint density at radius 1 is 1.08 bits per heavy atom. The molecule has 24 heavy (non-hydrogen) atoms. The lowest BCUT2D eigenvalue weighted by atomic mass is 10.2. The van der Waals surface area contributed by atoms with Gasteiger partial charge in [0.25, 0.3) is 0 Å². The topological polar surface area (TPSA) is 57.1 Å². The zero-order valence-electron chi connectivity index (χ0n) is 12.7. The van der Waals surface area contributed by atoms with E-state index in [0.717, 1.165) is 0 Å². The number of halogens is 3. The highest BCUT2D eigenvalue weighted by Crippen LogP contribution is 2.36. The molecule has 2 aromatic rings. The maximum absolute atomic E-state index is 11.9. The molecule has 0 fully saturated rings. The van der Waals surface area contributed by atoms with E-state index in [1.807, 2.05) is 0 Å².